The summed E-state index contributed by atoms with van der Waals surface area (Å²) < 4.78 is 47.0. The number of hydrogen-bond donors (Lipinski definition) is 0. The van der Waals surface area contributed by atoms with Crippen LogP contribution in [-0.4, -0.2) is 37.5 Å². The van der Waals surface area contributed by atoms with Crippen molar-refractivity contribution in [1.29, 1.82) is 0 Å². The lowest BCUT2D eigenvalue weighted by atomic mass is 10.2. The number of sulfonamides is 1. The molecule has 1 aromatic heterocycles. The largest absolute Gasteiger partial charge is 0.494 e. The first-order valence-corrected chi connectivity index (χ1v) is 9.89. The summed E-state index contributed by atoms with van der Waals surface area (Å²) in [5.41, 5.74) is 0.191. The van der Waals surface area contributed by atoms with Crippen molar-refractivity contribution in [2.45, 2.75) is 30.7 Å². The molecule has 26 heavy (non-hydrogen) atoms. The average molecular weight is 380 g/mol. The van der Waals surface area contributed by atoms with Gasteiger partial charge in [0.15, 0.2) is 11.6 Å². The molecule has 0 amide bonds. The van der Waals surface area contributed by atoms with Crippen LogP contribution in [0.15, 0.2) is 46.2 Å². The fourth-order valence-electron chi connectivity index (χ4n) is 3.04. The molecular weight excluding hydrogens is 359 g/mol. The van der Waals surface area contributed by atoms with E-state index in [1.165, 1.54) is 46.4 Å². The molecule has 0 aliphatic carbocycles. The molecule has 2 heterocycles. The Hall–Kier alpha value is -2.19. The van der Waals surface area contributed by atoms with E-state index in [4.69, 9.17) is 4.74 Å². The molecule has 3 rings (SSSR count). The van der Waals surface area contributed by atoms with Gasteiger partial charge in [-0.15, -0.1) is 0 Å². The second-order valence-corrected chi connectivity index (χ2v) is 8.20. The van der Waals surface area contributed by atoms with Gasteiger partial charge in [0.1, 0.15) is 0 Å². The highest BCUT2D eigenvalue weighted by Gasteiger charge is 2.26. The van der Waals surface area contributed by atoms with Gasteiger partial charge in [-0.05, 0) is 36.6 Å². The van der Waals surface area contributed by atoms with Gasteiger partial charge in [-0.25, -0.2) is 12.8 Å². The summed E-state index contributed by atoms with van der Waals surface area (Å²) >= 11 is 0. The number of rotatable bonds is 5. The summed E-state index contributed by atoms with van der Waals surface area (Å²) in [5.74, 6) is -0.419. The fraction of sp³-hybridized carbons (Fsp3) is 0.389. The third-order valence-electron chi connectivity index (χ3n) is 4.48. The number of nitrogens with zero attached hydrogens (tertiary/aromatic N) is 2. The number of piperidine rings is 1. The molecule has 0 radical (unpaired) electrons. The number of pyridine rings is 1. The van der Waals surface area contributed by atoms with Crippen LogP contribution >= 0.6 is 0 Å². The van der Waals surface area contributed by atoms with Crippen LogP contribution in [-0.2, 0) is 16.6 Å². The minimum atomic E-state index is -3.63. The standard InChI is InChI=1S/C18H21FN2O4S/c1-25-17-7-5-14(11-16(17)19)12-20-13-15(6-8-18(20)22)26(23,24)21-9-3-2-4-10-21/h5-8,11,13H,2-4,9-10,12H2,1H3. The Morgan fingerprint density at radius 3 is 2.50 bits per heavy atom. The monoisotopic (exact) mass is 380 g/mol. The van der Waals surface area contributed by atoms with Gasteiger partial charge in [-0.2, -0.15) is 4.31 Å². The zero-order chi connectivity index (χ0) is 18.7. The van der Waals surface area contributed by atoms with Crippen LogP contribution in [0.25, 0.3) is 0 Å². The van der Waals surface area contributed by atoms with Crippen LogP contribution in [0.4, 0.5) is 4.39 Å². The minimum Gasteiger partial charge on any atom is -0.494 e. The Morgan fingerprint density at radius 1 is 1.12 bits per heavy atom. The van der Waals surface area contributed by atoms with E-state index in [1.54, 1.807) is 6.07 Å². The van der Waals surface area contributed by atoms with E-state index in [0.717, 1.165) is 19.3 Å². The Bertz CT molecular complexity index is 950. The van der Waals surface area contributed by atoms with Crippen LogP contribution in [0.2, 0.25) is 0 Å². The molecule has 1 saturated heterocycles. The van der Waals surface area contributed by atoms with Gasteiger partial charge in [0.25, 0.3) is 5.56 Å². The van der Waals surface area contributed by atoms with E-state index in [9.17, 15) is 17.6 Å². The van der Waals surface area contributed by atoms with E-state index in [2.05, 4.69) is 0 Å². The van der Waals surface area contributed by atoms with Gasteiger partial charge < -0.3 is 9.30 Å². The van der Waals surface area contributed by atoms with E-state index < -0.39 is 15.8 Å². The van der Waals surface area contributed by atoms with Gasteiger partial charge >= 0.3 is 0 Å². The van der Waals surface area contributed by atoms with Crippen molar-refractivity contribution in [3.63, 3.8) is 0 Å². The highest BCUT2D eigenvalue weighted by molar-refractivity contribution is 7.89. The molecule has 8 heteroatoms. The number of halogens is 1. The van der Waals surface area contributed by atoms with Crippen molar-refractivity contribution in [3.05, 3.63) is 58.3 Å². The SMILES string of the molecule is COc1ccc(Cn2cc(S(=O)(=O)N3CCCCC3)ccc2=O)cc1F. The number of aromatic nitrogens is 1. The van der Waals surface area contributed by atoms with Crippen molar-refractivity contribution < 1.29 is 17.5 Å². The summed E-state index contributed by atoms with van der Waals surface area (Å²) in [6.45, 7) is 1.05. The predicted octanol–water partition coefficient (Wildman–Crippen LogP) is 2.22. The smallest absolute Gasteiger partial charge is 0.250 e. The van der Waals surface area contributed by atoms with E-state index in [1.807, 2.05) is 0 Å². The molecular formula is C18H21FN2O4S. The van der Waals surface area contributed by atoms with E-state index >= 15 is 0 Å². The molecule has 0 unspecified atom stereocenters. The number of benzene rings is 1. The van der Waals surface area contributed by atoms with Crippen molar-refractivity contribution in [1.82, 2.24) is 8.87 Å². The van der Waals surface area contributed by atoms with Gasteiger partial charge in [0.2, 0.25) is 10.0 Å². The molecule has 0 atom stereocenters. The van der Waals surface area contributed by atoms with Crippen molar-refractivity contribution in [2.75, 3.05) is 20.2 Å². The number of ether oxygens (including phenoxy) is 1. The third kappa shape index (κ3) is 3.81. The van der Waals surface area contributed by atoms with Crippen LogP contribution in [0.3, 0.4) is 0 Å². The first kappa shape index (κ1) is 18.6. The van der Waals surface area contributed by atoms with Gasteiger partial charge in [-0.3, -0.25) is 4.79 Å². The lowest BCUT2D eigenvalue weighted by molar-refractivity contribution is 0.346. The molecule has 1 aromatic carbocycles. The van der Waals surface area contributed by atoms with Gasteiger partial charge in [0.05, 0.1) is 18.6 Å². The molecule has 1 aliphatic heterocycles. The third-order valence-corrected chi connectivity index (χ3v) is 6.36. The van der Waals surface area contributed by atoms with Crippen molar-refractivity contribution >= 4 is 10.0 Å². The Morgan fingerprint density at radius 2 is 1.85 bits per heavy atom. The minimum absolute atomic E-state index is 0.0725. The maximum absolute atomic E-state index is 13.9. The topological polar surface area (TPSA) is 68.6 Å². The zero-order valence-electron chi connectivity index (χ0n) is 14.5. The van der Waals surface area contributed by atoms with E-state index in [0.29, 0.717) is 18.7 Å². The number of hydrogen-bond acceptors (Lipinski definition) is 4. The summed E-state index contributed by atoms with van der Waals surface area (Å²) in [6.07, 6.45) is 4.02. The molecule has 1 fully saturated rings. The van der Waals surface area contributed by atoms with Gasteiger partial charge in [-0.1, -0.05) is 12.5 Å². The lowest BCUT2D eigenvalue weighted by Crippen LogP contribution is -2.36. The molecule has 140 valence electrons. The first-order chi connectivity index (χ1) is 12.4. The molecule has 0 spiro atoms. The van der Waals surface area contributed by atoms with Crippen molar-refractivity contribution in [2.24, 2.45) is 0 Å². The summed E-state index contributed by atoms with van der Waals surface area (Å²) in [4.78, 5) is 12.2. The Balaban J connectivity index is 1.90. The summed E-state index contributed by atoms with van der Waals surface area (Å²) in [5, 5.41) is 0. The van der Waals surface area contributed by atoms with Crippen LogP contribution < -0.4 is 10.3 Å². The molecule has 0 saturated carbocycles. The Labute approximate surface area is 151 Å². The normalized spacial score (nSPS) is 15.8. The molecule has 1 aliphatic rings. The van der Waals surface area contributed by atoms with Crippen molar-refractivity contribution in [3.8, 4) is 5.75 Å². The second-order valence-electron chi connectivity index (χ2n) is 6.26. The first-order valence-electron chi connectivity index (χ1n) is 8.45. The Kier molecular flexibility index (Phi) is 5.43. The molecule has 0 N–H and O–H groups in total. The van der Waals surface area contributed by atoms with E-state index in [-0.39, 0.29) is 22.7 Å². The van der Waals surface area contributed by atoms with Crippen LogP contribution in [0.5, 0.6) is 5.75 Å². The maximum atomic E-state index is 13.9. The number of methoxy groups -OCH3 is 1. The highest BCUT2D eigenvalue weighted by Crippen LogP contribution is 2.21. The van der Waals surface area contributed by atoms with Crippen LogP contribution in [0, 0.1) is 5.82 Å². The quantitative estimate of drug-likeness (QED) is 0.798. The maximum Gasteiger partial charge on any atom is 0.250 e. The van der Waals surface area contributed by atoms with Gasteiger partial charge in [0, 0.05) is 25.4 Å². The average Bonchev–Trinajstić information content (AvgIpc) is 2.64. The van der Waals surface area contributed by atoms with Crippen LogP contribution in [0.1, 0.15) is 24.8 Å². The lowest BCUT2D eigenvalue weighted by Gasteiger charge is -2.26. The summed E-state index contributed by atoms with van der Waals surface area (Å²) in [6, 6.07) is 6.95. The molecule has 6 nitrogen and oxygen atoms in total. The molecule has 2 aromatic rings. The highest BCUT2D eigenvalue weighted by atomic mass is 32.2. The fourth-order valence-corrected chi connectivity index (χ4v) is 4.58. The predicted molar refractivity (Wildman–Crippen MR) is 95.4 cm³/mol. The second kappa shape index (κ2) is 7.59. The zero-order valence-corrected chi connectivity index (χ0v) is 15.3. The molecule has 0 bridgehead atoms. The summed E-state index contributed by atoms with van der Waals surface area (Å²) in [7, 11) is -2.26.